The Bertz CT molecular complexity index is 129. The van der Waals surface area contributed by atoms with Crippen molar-refractivity contribution in [3.05, 3.63) is 0 Å². The van der Waals surface area contributed by atoms with Crippen molar-refractivity contribution < 1.29 is 19.4 Å². The van der Waals surface area contributed by atoms with Crippen LogP contribution in [0, 0.1) is 0 Å². The number of alkyl carbamates (subject to hydrolysis) is 1. The molecule has 1 atom stereocenters. The lowest BCUT2D eigenvalue weighted by Crippen LogP contribution is -2.40. The molecule has 0 aromatic rings. The molecule has 5 heteroatoms. The number of aliphatic hydroxyl groups excluding tert-OH is 1. The second-order valence-corrected chi connectivity index (χ2v) is 2.17. The summed E-state index contributed by atoms with van der Waals surface area (Å²) < 4.78 is 9.35. The van der Waals surface area contributed by atoms with Gasteiger partial charge >= 0.3 is 6.09 Å². The Labute approximate surface area is 71.7 Å². The molecule has 0 aliphatic heterocycles. The summed E-state index contributed by atoms with van der Waals surface area (Å²) in [4.78, 5) is 10.6. The normalized spacial score (nSPS) is 12.2. The van der Waals surface area contributed by atoms with Crippen molar-refractivity contribution in [2.24, 2.45) is 0 Å². The highest BCUT2D eigenvalue weighted by Crippen LogP contribution is 1.86. The minimum atomic E-state index is -0.561. The molecular weight excluding hydrogens is 162 g/mol. The fourth-order valence-corrected chi connectivity index (χ4v) is 0.626. The zero-order chi connectivity index (χ0) is 9.40. The van der Waals surface area contributed by atoms with Crippen LogP contribution in [0.3, 0.4) is 0 Å². The Morgan fingerprint density at radius 1 is 1.67 bits per heavy atom. The van der Waals surface area contributed by atoms with E-state index in [0.717, 1.165) is 0 Å². The summed E-state index contributed by atoms with van der Waals surface area (Å²) >= 11 is 0. The van der Waals surface area contributed by atoms with E-state index in [9.17, 15) is 4.79 Å². The van der Waals surface area contributed by atoms with Gasteiger partial charge in [0.05, 0.1) is 26.4 Å². The minimum Gasteiger partial charge on any atom is -0.453 e. The zero-order valence-electron chi connectivity index (χ0n) is 7.37. The summed E-state index contributed by atoms with van der Waals surface area (Å²) in [5.41, 5.74) is 0. The van der Waals surface area contributed by atoms with Gasteiger partial charge in [-0.15, -0.1) is 0 Å². The fraction of sp³-hybridized carbons (Fsp3) is 0.857. The first-order chi connectivity index (χ1) is 5.74. The molecule has 0 fully saturated rings. The molecule has 0 aromatic heterocycles. The quantitative estimate of drug-likeness (QED) is 0.607. The van der Waals surface area contributed by atoms with Crippen LogP contribution in [0.2, 0.25) is 0 Å². The number of carbonyl (C=O) groups excluding carboxylic acids is 1. The monoisotopic (exact) mass is 177 g/mol. The van der Waals surface area contributed by atoms with Crippen molar-refractivity contribution >= 4 is 6.09 Å². The van der Waals surface area contributed by atoms with Crippen LogP contribution in [-0.2, 0) is 9.47 Å². The zero-order valence-corrected chi connectivity index (χ0v) is 7.37. The van der Waals surface area contributed by atoms with Crippen LogP contribution in [0.5, 0.6) is 0 Å². The maximum absolute atomic E-state index is 10.6. The summed E-state index contributed by atoms with van der Waals surface area (Å²) in [6, 6.07) is -0.391. The number of ether oxygens (including phenoxy) is 2. The van der Waals surface area contributed by atoms with Crippen LogP contribution in [-0.4, -0.2) is 44.2 Å². The highest BCUT2D eigenvalue weighted by molar-refractivity contribution is 5.67. The van der Waals surface area contributed by atoms with Crippen LogP contribution < -0.4 is 5.32 Å². The molecule has 72 valence electrons. The fourth-order valence-electron chi connectivity index (χ4n) is 0.626. The molecular formula is C7H15NO4. The Morgan fingerprint density at radius 2 is 2.33 bits per heavy atom. The van der Waals surface area contributed by atoms with E-state index in [0.29, 0.717) is 13.2 Å². The average Bonchev–Trinajstić information content (AvgIpc) is 2.11. The van der Waals surface area contributed by atoms with Gasteiger partial charge in [0.1, 0.15) is 0 Å². The van der Waals surface area contributed by atoms with Gasteiger partial charge in [-0.2, -0.15) is 0 Å². The third-order valence-corrected chi connectivity index (χ3v) is 1.25. The summed E-state index contributed by atoms with van der Waals surface area (Å²) in [7, 11) is 1.27. The smallest absolute Gasteiger partial charge is 0.407 e. The molecule has 12 heavy (non-hydrogen) atoms. The number of methoxy groups -OCH3 is 1. The van der Waals surface area contributed by atoms with Crippen LogP contribution in [0.25, 0.3) is 0 Å². The molecule has 5 nitrogen and oxygen atoms in total. The minimum absolute atomic E-state index is 0.158. The number of carbonyl (C=O) groups is 1. The molecule has 0 saturated carbocycles. The lowest BCUT2D eigenvalue weighted by Gasteiger charge is -2.14. The van der Waals surface area contributed by atoms with Crippen LogP contribution in [0.1, 0.15) is 6.92 Å². The number of nitrogens with one attached hydrogen (secondary N) is 1. The molecule has 1 amide bonds. The Kier molecular flexibility index (Phi) is 6.41. The summed E-state index contributed by atoms with van der Waals surface area (Å²) in [6.07, 6.45) is -0.561. The molecule has 2 N–H and O–H groups in total. The first kappa shape index (κ1) is 11.2. The van der Waals surface area contributed by atoms with Crippen molar-refractivity contribution in [2.75, 3.05) is 26.9 Å². The summed E-state index contributed by atoms with van der Waals surface area (Å²) in [5, 5.41) is 11.2. The Balaban J connectivity index is 3.59. The number of aliphatic hydroxyl groups is 1. The van der Waals surface area contributed by atoms with Gasteiger partial charge in [-0.3, -0.25) is 0 Å². The molecule has 0 spiro atoms. The SMILES string of the molecule is CCOC[C@@H](CO)NC(=O)OC. The van der Waals surface area contributed by atoms with Crippen molar-refractivity contribution in [2.45, 2.75) is 13.0 Å². The number of rotatable bonds is 5. The van der Waals surface area contributed by atoms with Gasteiger partial charge in [-0.05, 0) is 6.92 Å². The number of amides is 1. The molecule has 0 radical (unpaired) electrons. The van der Waals surface area contributed by atoms with Gasteiger partial charge in [-0.25, -0.2) is 4.79 Å². The van der Waals surface area contributed by atoms with E-state index in [4.69, 9.17) is 9.84 Å². The molecule has 0 aromatic carbocycles. The van der Waals surface area contributed by atoms with Crippen molar-refractivity contribution in [1.82, 2.24) is 5.32 Å². The molecule has 0 aliphatic carbocycles. The van der Waals surface area contributed by atoms with Gasteiger partial charge in [-0.1, -0.05) is 0 Å². The molecule has 0 bridgehead atoms. The van der Waals surface area contributed by atoms with Crippen molar-refractivity contribution in [3.8, 4) is 0 Å². The van der Waals surface area contributed by atoms with E-state index in [1.54, 1.807) is 0 Å². The lowest BCUT2D eigenvalue weighted by atomic mass is 10.3. The van der Waals surface area contributed by atoms with E-state index >= 15 is 0 Å². The lowest BCUT2D eigenvalue weighted by molar-refractivity contribution is 0.0914. The second-order valence-electron chi connectivity index (χ2n) is 2.17. The Hall–Kier alpha value is -0.810. The highest BCUT2D eigenvalue weighted by Gasteiger charge is 2.10. The standard InChI is InChI=1S/C7H15NO4/c1-3-12-5-6(4-9)8-7(10)11-2/h6,9H,3-5H2,1-2H3,(H,8,10)/t6-/m1/s1. The summed E-state index contributed by atoms with van der Waals surface area (Å²) in [6.45, 7) is 2.53. The highest BCUT2D eigenvalue weighted by atomic mass is 16.5. The van der Waals surface area contributed by atoms with Gasteiger partial charge < -0.3 is 19.9 Å². The first-order valence-corrected chi connectivity index (χ1v) is 3.77. The molecule has 0 heterocycles. The molecule has 0 rings (SSSR count). The second kappa shape index (κ2) is 6.87. The largest absolute Gasteiger partial charge is 0.453 e. The maximum Gasteiger partial charge on any atom is 0.407 e. The maximum atomic E-state index is 10.6. The molecule has 0 aliphatic rings. The Morgan fingerprint density at radius 3 is 2.75 bits per heavy atom. The van der Waals surface area contributed by atoms with E-state index in [2.05, 4.69) is 10.1 Å². The third-order valence-electron chi connectivity index (χ3n) is 1.25. The van der Waals surface area contributed by atoms with Crippen LogP contribution >= 0.6 is 0 Å². The van der Waals surface area contributed by atoms with Crippen LogP contribution in [0.15, 0.2) is 0 Å². The van der Waals surface area contributed by atoms with Gasteiger partial charge in [0.2, 0.25) is 0 Å². The number of hydrogen-bond acceptors (Lipinski definition) is 4. The third kappa shape index (κ3) is 4.92. The van der Waals surface area contributed by atoms with Gasteiger partial charge in [0.25, 0.3) is 0 Å². The van der Waals surface area contributed by atoms with Crippen molar-refractivity contribution in [3.63, 3.8) is 0 Å². The first-order valence-electron chi connectivity index (χ1n) is 3.77. The average molecular weight is 177 g/mol. The molecule has 0 unspecified atom stereocenters. The van der Waals surface area contributed by atoms with Crippen molar-refractivity contribution in [1.29, 1.82) is 0 Å². The van der Waals surface area contributed by atoms with E-state index < -0.39 is 12.1 Å². The van der Waals surface area contributed by atoms with E-state index in [1.165, 1.54) is 7.11 Å². The van der Waals surface area contributed by atoms with E-state index in [1.807, 2.05) is 6.92 Å². The topological polar surface area (TPSA) is 67.8 Å². The number of hydrogen-bond donors (Lipinski definition) is 2. The molecule has 0 saturated heterocycles. The predicted molar refractivity (Wildman–Crippen MR) is 42.9 cm³/mol. The van der Waals surface area contributed by atoms with Crippen LogP contribution in [0.4, 0.5) is 4.79 Å². The predicted octanol–water partition coefficient (Wildman–Crippen LogP) is -0.260. The van der Waals surface area contributed by atoms with Gasteiger partial charge in [0.15, 0.2) is 0 Å². The van der Waals surface area contributed by atoms with E-state index in [-0.39, 0.29) is 6.61 Å². The van der Waals surface area contributed by atoms with Gasteiger partial charge in [0, 0.05) is 6.61 Å². The summed E-state index contributed by atoms with van der Waals surface area (Å²) in [5.74, 6) is 0.